The van der Waals surface area contributed by atoms with E-state index >= 15 is 0 Å². The molecule has 0 saturated carbocycles. The molecule has 0 aromatic heterocycles. The summed E-state index contributed by atoms with van der Waals surface area (Å²) in [5, 5.41) is 6.38. The highest BCUT2D eigenvalue weighted by atomic mass is 19.1. The largest absolute Gasteiger partial charge is 0.497 e. The Morgan fingerprint density at radius 3 is 2.30 bits per heavy atom. The van der Waals surface area contributed by atoms with E-state index in [4.69, 9.17) is 9.84 Å². The van der Waals surface area contributed by atoms with Gasteiger partial charge in [0.2, 0.25) is 0 Å². The van der Waals surface area contributed by atoms with Crippen LogP contribution in [0.5, 0.6) is 5.75 Å². The summed E-state index contributed by atoms with van der Waals surface area (Å²) in [7, 11) is 1.62. The molecule has 4 rings (SSSR count). The first-order valence-corrected chi connectivity index (χ1v) is 8.67. The van der Waals surface area contributed by atoms with Crippen molar-refractivity contribution in [1.82, 2.24) is 0 Å². The second kappa shape index (κ2) is 7.19. The molecule has 3 nitrogen and oxygen atoms in total. The molecule has 1 aliphatic heterocycles. The minimum Gasteiger partial charge on any atom is -0.497 e. The van der Waals surface area contributed by atoms with Gasteiger partial charge in [-0.1, -0.05) is 24.3 Å². The molecule has 1 heterocycles. The molecule has 0 aliphatic carbocycles. The van der Waals surface area contributed by atoms with E-state index in [-0.39, 0.29) is 17.7 Å². The lowest BCUT2D eigenvalue weighted by atomic mass is 9.98. The molecule has 0 bridgehead atoms. The number of hydrogen-bond donors (Lipinski definition) is 0. The summed E-state index contributed by atoms with van der Waals surface area (Å²) < 4.78 is 33.0. The summed E-state index contributed by atoms with van der Waals surface area (Å²) in [6.45, 7) is 0. The summed E-state index contributed by atoms with van der Waals surface area (Å²) in [5.74, 6) is 0.119. The molecular weight excluding hydrogens is 346 g/mol. The third-order valence-corrected chi connectivity index (χ3v) is 4.69. The zero-order valence-electron chi connectivity index (χ0n) is 14.8. The van der Waals surface area contributed by atoms with Crippen LogP contribution in [0.25, 0.3) is 0 Å². The van der Waals surface area contributed by atoms with Gasteiger partial charge in [0.15, 0.2) is 0 Å². The molecule has 1 atom stereocenters. The van der Waals surface area contributed by atoms with E-state index in [0.717, 1.165) is 22.6 Å². The minimum atomic E-state index is -0.343. The lowest BCUT2D eigenvalue weighted by molar-refractivity contribution is 0.415. The number of rotatable bonds is 4. The SMILES string of the molecule is COc1ccc(C2=NN(c3ccccc3F)C(c3ccc(F)cc3)C2)cc1. The zero-order chi connectivity index (χ0) is 18.8. The monoisotopic (exact) mass is 364 g/mol. The predicted octanol–water partition coefficient (Wildman–Crippen LogP) is 5.33. The molecule has 0 fully saturated rings. The lowest BCUT2D eigenvalue weighted by Gasteiger charge is -2.24. The van der Waals surface area contributed by atoms with Gasteiger partial charge in [0.1, 0.15) is 17.4 Å². The number of nitrogens with zero attached hydrogens (tertiary/aromatic N) is 2. The van der Waals surface area contributed by atoms with E-state index in [1.54, 1.807) is 42.5 Å². The molecule has 5 heteroatoms. The van der Waals surface area contributed by atoms with Gasteiger partial charge in [0.05, 0.1) is 24.6 Å². The first kappa shape index (κ1) is 17.2. The Kier molecular flexibility index (Phi) is 4.59. The number of hydrogen-bond acceptors (Lipinski definition) is 3. The van der Waals surface area contributed by atoms with Crippen LogP contribution in [-0.2, 0) is 0 Å². The summed E-state index contributed by atoms with van der Waals surface area (Å²) in [6, 6.07) is 20.2. The number of hydrazone groups is 1. The summed E-state index contributed by atoms with van der Waals surface area (Å²) >= 11 is 0. The van der Waals surface area contributed by atoms with Crippen LogP contribution in [0.3, 0.4) is 0 Å². The molecule has 3 aromatic carbocycles. The van der Waals surface area contributed by atoms with Crippen LogP contribution >= 0.6 is 0 Å². The van der Waals surface area contributed by atoms with Crippen LogP contribution in [0.4, 0.5) is 14.5 Å². The topological polar surface area (TPSA) is 24.8 Å². The molecule has 0 radical (unpaired) electrons. The van der Waals surface area contributed by atoms with Gasteiger partial charge in [-0.3, -0.25) is 5.01 Å². The highest BCUT2D eigenvalue weighted by Crippen LogP contribution is 2.37. The highest BCUT2D eigenvalue weighted by molar-refractivity contribution is 6.03. The van der Waals surface area contributed by atoms with Gasteiger partial charge in [-0.15, -0.1) is 0 Å². The minimum absolute atomic E-state index is 0.209. The lowest BCUT2D eigenvalue weighted by Crippen LogP contribution is -2.19. The smallest absolute Gasteiger partial charge is 0.148 e. The van der Waals surface area contributed by atoms with Crippen molar-refractivity contribution in [3.63, 3.8) is 0 Å². The molecule has 136 valence electrons. The van der Waals surface area contributed by atoms with Gasteiger partial charge in [0, 0.05) is 6.42 Å². The summed E-state index contributed by atoms with van der Waals surface area (Å²) in [5.41, 5.74) is 3.07. The fraction of sp³-hybridized carbons (Fsp3) is 0.136. The third kappa shape index (κ3) is 3.40. The zero-order valence-corrected chi connectivity index (χ0v) is 14.8. The fourth-order valence-electron chi connectivity index (χ4n) is 3.27. The van der Waals surface area contributed by atoms with Crippen molar-refractivity contribution in [3.8, 4) is 5.75 Å². The van der Waals surface area contributed by atoms with E-state index < -0.39 is 0 Å². The van der Waals surface area contributed by atoms with Crippen LogP contribution in [0, 0.1) is 11.6 Å². The Labute approximate surface area is 156 Å². The summed E-state index contributed by atoms with van der Waals surface area (Å²) in [6.07, 6.45) is 0.590. The average Bonchev–Trinajstić information content (AvgIpc) is 3.14. The van der Waals surface area contributed by atoms with E-state index in [1.165, 1.54) is 18.2 Å². The Bertz CT molecular complexity index is 968. The second-order valence-electron chi connectivity index (χ2n) is 6.34. The maximum absolute atomic E-state index is 14.4. The van der Waals surface area contributed by atoms with Crippen LogP contribution in [-0.4, -0.2) is 12.8 Å². The first-order chi connectivity index (χ1) is 13.2. The van der Waals surface area contributed by atoms with Gasteiger partial charge in [0.25, 0.3) is 0 Å². The van der Waals surface area contributed by atoms with Gasteiger partial charge in [-0.25, -0.2) is 8.78 Å². The fourth-order valence-corrected chi connectivity index (χ4v) is 3.27. The van der Waals surface area contributed by atoms with Crippen molar-refractivity contribution < 1.29 is 13.5 Å². The van der Waals surface area contributed by atoms with Crippen molar-refractivity contribution >= 4 is 11.4 Å². The average molecular weight is 364 g/mol. The van der Waals surface area contributed by atoms with Crippen LogP contribution < -0.4 is 9.75 Å². The molecule has 0 spiro atoms. The molecule has 0 saturated heterocycles. The third-order valence-electron chi connectivity index (χ3n) is 4.69. The Morgan fingerprint density at radius 2 is 1.63 bits per heavy atom. The van der Waals surface area contributed by atoms with Gasteiger partial charge < -0.3 is 4.74 Å². The van der Waals surface area contributed by atoms with Crippen LogP contribution in [0.15, 0.2) is 77.9 Å². The van der Waals surface area contributed by atoms with Crippen molar-refractivity contribution in [1.29, 1.82) is 0 Å². The highest BCUT2D eigenvalue weighted by Gasteiger charge is 2.31. The molecule has 1 unspecified atom stereocenters. The molecule has 3 aromatic rings. The van der Waals surface area contributed by atoms with E-state index in [0.29, 0.717) is 12.1 Å². The molecular formula is C22H18F2N2O. The number of benzene rings is 3. The Morgan fingerprint density at radius 1 is 0.926 bits per heavy atom. The van der Waals surface area contributed by atoms with Crippen molar-refractivity contribution in [3.05, 3.63) is 95.6 Å². The maximum Gasteiger partial charge on any atom is 0.148 e. The van der Waals surface area contributed by atoms with Gasteiger partial charge >= 0.3 is 0 Å². The number of ether oxygens (including phenoxy) is 1. The van der Waals surface area contributed by atoms with Crippen LogP contribution in [0.1, 0.15) is 23.6 Å². The molecule has 0 N–H and O–H groups in total. The van der Waals surface area contributed by atoms with E-state index in [2.05, 4.69) is 0 Å². The Hall–Kier alpha value is -3.21. The molecule has 1 aliphatic rings. The first-order valence-electron chi connectivity index (χ1n) is 8.67. The van der Waals surface area contributed by atoms with E-state index in [1.807, 2.05) is 24.3 Å². The van der Waals surface area contributed by atoms with E-state index in [9.17, 15) is 8.78 Å². The molecule has 27 heavy (non-hydrogen) atoms. The summed E-state index contributed by atoms with van der Waals surface area (Å²) in [4.78, 5) is 0. The van der Waals surface area contributed by atoms with Gasteiger partial charge in [-0.05, 0) is 59.7 Å². The number of anilines is 1. The normalized spacial score (nSPS) is 16.3. The van der Waals surface area contributed by atoms with Crippen molar-refractivity contribution in [2.24, 2.45) is 5.10 Å². The molecule has 0 amide bonds. The van der Waals surface area contributed by atoms with Crippen molar-refractivity contribution in [2.45, 2.75) is 12.5 Å². The van der Waals surface area contributed by atoms with Gasteiger partial charge in [-0.2, -0.15) is 5.10 Å². The number of para-hydroxylation sites is 1. The van der Waals surface area contributed by atoms with Crippen molar-refractivity contribution in [2.75, 3.05) is 12.1 Å². The quantitative estimate of drug-likeness (QED) is 0.625. The maximum atomic E-state index is 14.4. The standard InChI is InChI=1S/C22H18F2N2O/c1-27-18-12-8-15(9-13-18)20-14-22(16-6-10-17(23)11-7-16)26(25-20)21-5-3-2-4-19(21)24/h2-13,22H,14H2,1H3. The van der Waals surface area contributed by atoms with Crippen LogP contribution in [0.2, 0.25) is 0 Å². The second-order valence-corrected chi connectivity index (χ2v) is 6.34. The Balaban J connectivity index is 1.75. The predicted molar refractivity (Wildman–Crippen MR) is 102 cm³/mol. The number of halogens is 2. The number of methoxy groups -OCH3 is 1.